The summed E-state index contributed by atoms with van der Waals surface area (Å²) in [6, 6.07) is 0. The zero-order valence-corrected chi connectivity index (χ0v) is 8.83. The Kier molecular flexibility index (Phi) is 7.60. The number of allylic oxidation sites excluding steroid dienone is 2. The van der Waals surface area contributed by atoms with E-state index in [-0.39, 0.29) is 0 Å². The molecule has 0 bridgehead atoms. The SMILES string of the molecule is C=O.CC/C=C\C1CCN(C)CC1. The lowest BCUT2D eigenvalue weighted by molar-refractivity contribution is -0.0979. The Morgan fingerprint density at radius 2 is 1.92 bits per heavy atom. The number of piperidine rings is 1. The second-order valence-corrected chi connectivity index (χ2v) is 3.48. The van der Waals surface area contributed by atoms with Crippen molar-refractivity contribution in [3.63, 3.8) is 0 Å². The van der Waals surface area contributed by atoms with Crippen molar-refractivity contribution in [2.24, 2.45) is 5.92 Å². The second-order valence-electron chi connectivity index (χ2n) is 3.48. The van der Waals surface area contributed by atoms with Crippen LogP contribution in [0.4, 0.5) is 0 Å². The van der Waals surface area contributed by atoms with Crippen molar-refractivity contribution >= 4 is 6.79 Å². The van der Waals surface area contributed by atoms with Gasteiger partial charge in [0.05, 0.1) is 0 Å². The summed E-state index contributed by atoms with van der Waals surface area (Å²) in [4.78, 5) is 10.4. The molecule has 0 aromatic carbocycles. The molecule has 0 saturated carbocycles. The average Bonchev–Trinajstić information content (AvgIpc) is 2.20. The van der Waals surface area contributed by atoms with Gasteiger partial charge < -0.3 is 9.69 Å². The number of carbonyl (C=O) groups excluding carboxylic acids is 1. The highest BCUT2D eigenvalue weighted by Gasteiger charge is 2.12. The fourth-order valence-electron chi connectivity index (χ4n) is 1.55. The Hall–Kier alpha value is -0.630. The van der Waals surface area contributed by atoms with Crippen molar-refractivity contribution < 1.29 is 4.79 Å². The van der Waals surface area contributed by atoms with Crippen molar-refractivity contribution in [2.75, 3.05) is 20.1 Å². The Morgan fingerprint density at radius 1 is 1.38 bits per heavy atom. The summed E-state index contributed by atoms with van der Waals surface area (Å²) in [5.41, 5.74) is 0. The van der Waals surface area contributed by atoms with Crippen LogP contribution in [-0.4, -0.2) is 31.8 Å². The summed E-state index contributed by atoms with van der Waals surface area (Å²) in [5, 5.41) is 0. The average molecular weight is 183 g/mol. The van der Waals surface area contributed by atoms with E-state index < -0.39 is 0 Å². The molecule has 0 aromatic heterocycles. The highest BCUT2D eigenvalue weighted by Crippen LogP contribution is 2.16. The number of likely N-dealkylation sites (tertiary alicyclic amines) is 1. The lowest BCUT2D eigenvalue weighted by Gasteiger charge is -2.26. The predicted molar refractivity (Wildman–Crippen MR) is 56.8 cm³/mol. The second kappa shape index (κ2) is 7.99. The summed E-state index contributed by atoms with van der Waals surface area (Å²) in [6.45, 7) is 6.75. The maximum absolute atomic E-state index is 8.00. The third-order valence-corrected chi connectivity index (χ3v) is 2.41. The molecule has 0 spiro atoms. The van der Waals surface area contributed by atoms with Gasteiger partial charge in [-0.15, -0.1) is 0 Å². The Bertz CT molecular complexity index is 137. The molecule has 1 aliphatic rings. The van der Waals surface area contributed by atoms with Gasteiger partial charge in [0.2, 0.25) is 0 Å². The molecule has 2 heteroatoms. The fourth-order valence-corrected chi connectivity index (χ4v) is 1.55. The van der Waals surface area contributed by atoms with Gasteiger partial charge in [0.15, 0.2) is 0 Å². The lowest BCUT2D eigenvalue weighted by Crippen LogP contribution is -2.29. The van der Waals surface area contributed by atoms with E-state index in [1.165, 1.54) is 32.4 Å². The first kappa shape index (κ1) is 12.4. The van der Waals surface area contributed by atoms with Crippen LogP contribution in [0.15, 0.2) is 12.2 Å². The molecular formula is C11H21NO. The third-order valence-electron chi connectivity index (χ3n) is 2.41. The number of rotatable bonds is 2. The topological polar surface area (TPSA) is 20.3 Å². The zero-order chi connectivity index (χ0) is 10.1. The van der Waals surface area contributed by atoms with Gasteiger partial charge >= 0.3 is 0 Å². The molecule has 1 rings (SSSR count). The van der Waals surface area contributed by atoms with Gasteiger partial charge in [0.25, 0.3) is 0 Å². The molecule has 13 heavy (non-hydrogen) atoms. The Labute approximate surface area is 81.6 Å². The molecule has 1 saturated heterocycles. The smallest absolute Gasteiger partial charge is 0.106 e. The van der Waals surface area contributed by atoms with Crippen LogP contribution < -0.4 is 0 Å². The van der Waals surface area contributed by atoms with Gasteiger partial charge in [-0.1, -0.05) is 19.1 Å². The molecule has 0 radical (unpaired) electrons. The molecule has 0 unspecified atom stereocenters. The molecule has 1 aliphatic heterocycles. The standard InChI is InChI=1S/C10H19N.CH2O/c1-3-4-5-10-6-8-11(2)9-7-10;1-2/h4-5,10H,3,6-9H2,1-2H3;1H2/b5-4-;. The van der Waals surface area contributed by atoms with Gasteiger partial charge in [-0.25, -0.2) is 0 Å². The van der Waals surface area contributed by atoms with E-state index in [1.807, 2.05) is 6.79 Å². The van der Waals surface area contributed by atoms with Crippen LogP contribution in [0.1, 0.15) is 26.2 Å². The number of hydrogen-bond acceptors (Lipinski definition) is 2. The predicted octanol–water partition coefficient (Wildman–Crippen LogP) is 2.11. The van der Waals surface area contributed by atoms with Crippen molar-refractivity contribution in [3.8, 4) is 0 Å². The molecule has 2 nitrogen and oxygen atoms in total. The van der Waals surface area contributed by atoms with E-state index in [1.54, 1.807) is 0 Å². The Morgan fingerprint density at radius 3 is 2.38 bits per heavy atom. The fraction of sp³-hybridized carbons (Fsp3) is 0.727. The quantitative estimate of drug-likeness (QED) is 0.611. The maximum atomic E-state index is 8.00. The van der Waals surface area contributed by atoms with Crippen LogP contribution in [0.25, 0.3) is 0 Å². The minimum absolute atomic E-state index is 0.867. The van der Waals surface area contributed by atoms with Gasteiger partial charge in [-0.3, -0.25) is 0 Å². The van der Waals surface area contributed by atoms with E-state index in [9.17, 15) is 0 Å². The summed E-state index contributed by atoms with van der Waals surface area (Å²) < 4.78 is 0. The van der Waals surface area contributed by atoms with Crippen LogP contribution in [-0.2, 0) is 4.79 Å². The van der Waals surface area contributed by atoms with Crippen LogP contribution in [0.2, 0.25) is 0 Å². The first-order chi connectivity index (χ1) is 6.33. The molecule has 0 aromatic rings. The first-order valence-electron chi connectivity index (χ1n) is 4.97. The summed E-state index contributed by atoms with van der Waals surface area (Å²) in [5.74, 6) is 0.867. The minimum atomic E-state index is 0.867. The normalized spacial score (nSPS) is 19.8. The van der Waals surface area contributed by atoms with Crippen molar-refractivity contribution in [1.82, 2.24) is 4.90 Å². The van der Waals surface area contributed by atoms with E-state index >= 15 is 0 Å². The summed E-state index contributed by atoms with van der Waals surface area (Å²) in [6.07, 6.45) is 8.59. The number of hydrogen-bond donors (Lipinski definition) is 0. The molecule has 0 amide bonds. The largest absolute Gasteiger partial charge is 0.307 e. The van der Waals surface area contributed by atoms with Crippen molar-refractivity contribution in [2.45, 2.75) is 26.2 Å². The molecule has 1 fully saturated rings. The van der Waals surface area contributed by atoms with Crippen molar-refractivity contribution in [1.29, 1.82) is 0 Å². The van der Waals surface area contributed by atoms with E-state index in [0.717, 1.165) is 5.92 Å². The third kappa shape index (κ3) is 5.58. The molecule has 0 aliphatic carbocycles. The summed E-state index contributed by atoms with van der Waals surface area (Å²) >= 11 is 0. The van der Waals surface area contributed by atoms with Gasteiger partial charge in [-0.05, 0) is 45.3 Å². The van der Waals surface area contributed by atoms with E-state index in [0.29, 0.717) is 0 Å². The van der Waals surface area contributed by atoms with E-state index in [4.69, 9.17) is 4.79 Å². The van der Waals surface area contributed by atoms with E-state index in [2.05, 4.69) is 31.0 Å². The number of carbonyl (C=O) groups is 1. The maximum Gasteiger partial charge on any atom is 0.106 e. The van der Waals surface area contributed by atoms with Crippen LogP contribution in [0.5, 0.6) is 0 Å². The molecule has 76 valence electrons. The minimum Gasteiger partial charge on any atom is -0.307 e. The highest BCUT2D eigenvalue weighted by atomic mass is 16.1. The molecule has 0 N–H and O–H groups in total. The number of nitrogens with zero attached hydrogens (tertiary/aromatic N) is 1. The monoisotopic (exact) mass is 183 g/mol. The van der Waals surface area contributed by atoms with Crippen LogP contribution in [0.3, 0.4) is 0 Å². The molecule has 0 atom stereocenters. The highest BCUT2D eigenvalue weighted by molar-refractivity contribution is 5.10. The zero-order valence-electron chi connectivity index (χ0n) is 8.83. The summed E-state index contributed by atoms with van der Waals surface area (Å²) in [7, 11) is 2.21. The van der Waals surface area contributed by atoms with Gasteiger partial charge in [-0.2, -0.15) is 0 Å². The van der Waals surface area contributed by atoms with Gasteiger partial charge in [0.1, 0.15) is 6.79 Å². The van der Waals surface area contributed by atoms with Crippen LogP contribution >= 0.6 is 0 Å². The molecular weight excluding hydrogens is 162 g/mol. The Balaban J connectivity index is 0.000000671. The van der Waals surface area contributed by atoms with Gasteiger partial charge in [0, 0.05) is 0 Å². The lowest BCUT2D eigenvalue weighted by atomic mass is 9.96. The van der Waals surface area contributed by atoms with Crippen molar-refractivity contribution in [3.05, 3.63) is 12.2 Å². The molecule has 1 heterocycles. The first-order valence-corrected chi connectivity index (χ1v) is 4.97. The van der Waals surface area contributed by atoms with Crippen LogP contribution in [0, 0.1) is 5.92 Å².